The highest BCUT2D eigenvalue weighted by molar-refractivity contribution is 6.30. The van der Waals surface area contributed by atoms with Crippen LogP contribution in [0, 0.1) is 5.92 Å². The van der Waals surface area contributed by atoms with E-state index in [0.29, 0.717) is 10.6 Å². The number of likely N-dealkylation sites (tertiary alicyclic amines) is 1. The number of benzene rings is 1. The minimum Gasteiger partial charge on any atom is -0.354 e. The van der Waals surface area contributed by atoms with Crippen LogP contribution in [0.15, 0.2) is 24.3 Å². The predicted octanol–water partition coefficient (Wildman–Crippen LogP) is 2.22. The van der Waals surface area contributed by atoms with Crippen LogP contribution in [0.3, 0.4) is 0 Å². The van der Waals surface area contributed by atoms with Crippen molar-refractivity contribution in [1.82, 2.24) is 15.5 Å². The number of nitrogens with zero attached hydrogens (tertiary/aromatic N) is 1. The van der Waals surface area contributed by atoms with Gasteiger partial charge in [-0.05, 0) is 43.0 Å². The van der Waals surface area contributed by atoms with Gasteiger partial charge in [0, 0.05) is 36.6 Å². The van der Waals surface area contributed by atoms with Crippen molar-refractivity contribution in [2.45, 2.75) is 39.2 Å². The van der Waals surface area contributed by atoms with Crippen molar-refractivity contribution in [1.29, 1.82) is 0 Å². The standard InChI is InChI=1S/C19H26ClN3O3/c1-13(2)17(22-18(25)14-5-7-15(20)8-6-14)19(26)21-10-9-16(24)23-11-3-4-12-23/h5-8,13,17H,3-4,9-12H2,1-2H3,(H,21,26)(H,22,25). The molecule has 26 heavy (non-hydrogen) atoms. The SMILES string of the molecule is CC(C)C(NC(=O)c1ccc(Cl)cc1)C(=O)NCCC(=O)N1CCCC1. The minimum atomic E-state index is -0.667. The average Bonchev–Trinajstić information content (AvgIpc) is 3.14. The number of carbonyl (C=O) groups excluding carboxylic acids is 3. The number of carbonyl (C=O) groups is 3. The Morgan fingerprint density at radius 1 is 1.12 bits per heavy atom. The molecule has 1 heterocycles. The second kappa shape index (κ2) is 9.57. The lowest BCUT2D eigenvalue weighted by molar-refractivity contribution is -0.130. The van der Waals surface area contributed by atoms with E-state index in [1.807, 2.05) is 18.7 Å². The van der Waals surface area contributed by atoms with Crippen LogP contribution in [0.1, 0.15) is 43.5 Å². The summed E-state index contributed by atoms with van der Waals surface area (Å²) in [4.78, 5) is 38.6. The van der Waals surface area contributed by atoms with Gasteiger partial charge in [-0.3, -0.25) is 14.4 Å². The van der Waals surface area contributed by atoms with Gasteiger partial charge in [0.05, 0.1) is 0 Å². The highest BCUT2D eigenvalue weighted by atomic mass is 35.5. The van der Waals surface area contributed by atoms with Crippen molar-refractivity contribution in [3.63, 3.8) is 0 Å². The van der Waals surface area contributed by atoms with Crippen molar-refractivity contribution >= 4 is 29.3 Å². The van der Waals surface area contributed by atoms with Crippen LogP contribution in [0.5, 0.6) is 0 Å². The Morgan fingerprint density at radius 2 is 1.73 bits per heavy atom. The molecule has 1 fully saturated rings. The molecule has 2 rings (SSSR count). The Balaban J connectivity index is 1.85. The van der Waals surface area contributed by atoms with E-state index in [2.05, 4.69) is 10.6 Å². The second-order valence-electron chi connectivity index (χ2n) is 6.83. The van der Waals surface area contributed by atoms with Crippen LogP contribution in [-0.4, -0.2) is 48.3 Å². The number of amides is 3. The number of hydrogen-bond donors (Lipinski definition) is 2. The largest absolute Gasteiger partial charge is 0.354 e. The van der Waals surface area contributed by atoms with E-state index in [-0.39, 0.29) is 36.6 Å². The van der Waals surface area contributed by atoms with Crippen molar-refractivity contribution in [3.05, 3.63) is 34.9 Å². The van der Waals surface area contributed by atoms with Gasteiger partial charge < -0.3 is 15.5 Å². The number of rotatable bonds is 7. The van der Waals surface area contributed by atoms with Gasteiger partial charge in [0.25, 0.3) is 5.91 Å². The lowest BCUT2D eigenvalue weighted by atomic mass is 10.0. The van der Waals surface area contributed by atoms with E-state index in [9.17, 15) is 14.4 Å². The molecule has 1 aromatic carbocycles. The third-order valence-electron chi connectivity index (χ3n) is 4.44. The molecule has 0 aliphatic carbocycles. The fraction of sp³-hybridized carbons (Fsp3) is 0.526. The van der Waals surface area contributed by atoms with E-state index in [1.165, 1.54) is 0 Å². The Bertz CT molecular complexity index is 640. The molecular formula is C19H26ClN3O3. The first-order chi connectivity index (χ1) is 12.4. The maximum atomic E-state index is 12.4. The van der Waals surface area contributed by atoms with Crippen LogP contribution in [0.4, 0.5) is 0 Å². The van der Waals surface area contributed by atoms with E-state index >= 15 is 0 Å². The smallest absolute Gasteiger partial charge is 0.251 e. The first-order valence-electron chi connectivity index (χ1n) is 9.00. The first kappa shape index (κ1) is 20.2. The highest BCUT2D eigenvalue weighted by Crippen LogP contribution is 2.11. The lowest BCUT2D eigenvalue weighted by Gasteiger charge is -2.22. The second-order valence-corrected chi connectivity index (χ2v) is 7.27. The maximum absolute atomic E-state index is 12.4. The Hall–Kier alpha value is -2.08. The van der Waals surface area contributed by atoms with Gasteiger partial charge in [0.1, 0.15) is 6.04 Å². The van der Waals surface area contributed by atoms with Crippen molar-refractivity contribution < 1.29 is 14.4 Å². The molecular weight excluding hydrogens is 354 g/mol. The monoisotopic (exact) mass is 379 g/mol. The molecule has 1 saturated heterocycles. The number of hydrogen-bond acceptors (Lipinski definition) is 3. The summed E-state index contributed by atoms with van der Waals surface area (Å²) in [6.45, 7) is 5.61. The van der Waals surface area contributed by atoms with Crippen LogP contribution in [-0.2, 0) is 9.59 Å². The van der Waals surface area contributed by atoms with Crippen molar-refractivity contribution in [2.24, 2.45) is 5.92 Å². The molecule has 2 N–H and O–H groups in total. The lowest BCUT2D eigenvalue weighted by Crippen LogP contribution is -2.50. The summed E-state index contributed by atoms with van der Waals surface area (Å²) in [5, 5.41) is 6.06. The molecule has 3 amide bonds. The molecule has 1 aliphatic heterocycles. The van der Waals surface area contributed by atoms with E-state index in [1.54, 1.807) is 24.3 Å². The third kappa shape index (κ3) is 5.73. The summed E-state index contributed by atoms with van der Waals surface area (Å²) >= 11 is 5.83. The van der Waals surface area contributed by atoms with Crippen molar-refractivity contribution in [3.8, 4) is 0 Å². The summed E-state index contributed by atoms with van der Waals surface area (Å²) in [6, 6.07) is 5.82. The quantitative estimate of drug-likeness (QED) is 0.762. The molecule has 0 bridgehead atoms. The Kier molecular flexibility index (Phi) is 7.45. The average molecular weight is 380 g/mol. The predicted molar refractivity (Wildman–Crippen MR) is 101 cm³/mol. The van der Waals surface area contributed by atoms with Gasteiger partial charge in [-0.25, -0.2) is 0 Å². The molecule has 1 unspecified atom stereocenters. The van der Waals surface area contributed by atoms with Gasteiger partial charge in [-0.2, -0.15) is 0 Å². The fourth-order valence-corrected chi connectivity index (χ4v) is 3.01. The number of nitrogens with one attached hydrogen (secondary N) is 2. The topological polar surface area (TPSA) is 78.5 Å². The zero-order chi connectivity index (χ0) is 19.1. The Morgan fingerprint density at radius 3 is 2.31 bits per heavy atom. The van der Waals surface area contributed by atoms with Gasteiger partial charge in [0.15, 0.2) is 0 Å². The van der Waals surface area contributed by atoms with E-state index in [4.69, 9.17) is 11.6 Å². The van der Waals surface area contributed by atoms with E-state index < -0.39 is 6.04 Å². The molecule has 0 saturated carbocycles. The summed E-state index contributed by atoms with van der Waals surface area (Å²) in [7, 11) is 0. The number of halogens is 1. The van der Waals surface area contributed by atoms with Crippen LogP contribution < -0.4 is 10.6 Å². The minimum absolute atomic E-state index is 0.0640. The van der Waals surface area contributed by atoms with Crippen LogP contribution in [0.2, 0.25) is 5.02 Å². The fourth-order valence-electron chi connectivity index (χ4n) is 2.89. The zero-order valence-corrected chi connectivity index (χ0v) is 16.0. The Labute approximate surface area is 159 Å². The molecule has 0 radical (unpaired) electrons. The molecule has 0 aromatic heterocycles. The zero-order valence-electron chi connectivity index (χ0n) is 15.3. The normalized spacial score (nSPS) is 15.0. The van der Waals surface area contributed by atoms with Gasteiger partial charge in [-0.1, -0.05) is 25.4 Å². The highest BCUT2D eigenvalue weighted by Gasteiger charge is 2.25. The molecule has 1 aliphatic rings. The maximum Gasteiger partial charge on any atom is 0.251 e. The summed E-state index contributed by atoms with van der Waals surface area (Å²) < 4.78 is 0. The van der Waals surface area contributed by atoms with Crippen LogP contribution in [0.25, 0.3) is 0 Å². The molecule has 6 nitrogen and oxygen atoms in total. The summed E-state index contributed by atoms with van der Waals surface area (Å²) in [6.07, 6.45) is 2.37. The molecule has 1 aromatic rings. The van der Waals surface area contributed by atoms with Gasteiger partial charge >= 0.3 is 0 Å². The van der Waals surface area contributed by atoms with E-state index in [0.717, 1.165) is 25.9 Å². The van der Waals surface area contributed by atoms with Gasteiger partial charge in [0.2, 0.25) is 11.8 Å². The first-order valence-corrected chi connectivity index (χ1v) is 9.38. The molecule has 142 valence electrons. The van der Waals surface area contributed by atoms with Gasteiger partial charge in [-0.15, -0.1) is 0 Å². The van der Waals surface area contributed by atoms with Crippen molar-refractivity contribution in [2.75, 3.05) is 19.6 Å². The molecule has 1 atom stereocenters. The summed E-state index contributed by atoms with van der Waals surface area (Å²) in [5.74, 6) is -0.630. The molecule has 7 heteroatoms. The van der Waals surface area contributed by atoms with Crippen LogP contribution >= 0.6 is 11.6 Å². The third-order valence-corrected chi connectivity index (χ3v) is 4.69. The molecule has 0 spiro atoms. The summed E-state index contributed by atoms with van der Waals surface area (Å²) in [5.41, 5.74) is 0.442.